The Morgan fingerprint density at radius 3 is 1.71 bits per heavy atom. The van der Waals surface area contributed by atoms with E-state index < -0.39 is 63.5 Å². The van der Waals surface area contributed by atoms with E-state index in [0.717, 1.165) is 24.3 Å². The van der Waals surface area contributed by atoms with Crippen LogP contribution < -0.4 is 104 Å². The molecule has 0 atom stereocenters. The smallest absolute Gasteiger partial charge is 0.744 e. The number of ether oxygens (including phenoxy) is 2. The second kappa shape index (κ2) is 16.1. The summed E-state index contributed by atoms with van der Waals surface area (Å²) in [6.45, 7) is 0.438. The first kappa shape index (κ1) is 42.4. The Morgan fingerprint density at radius 2 is 1.21 bits per heavy atom. The minimum Gasteiger partial charge on any atom is -0.744 e. The first-order valence-corrected chi connectivity index (χ1v) is 16.6. The van der Waals surface area contributed by atoms with Crippen molar-refractivity contribution in [2.45, 2.75) is 21.6 Å². The monoisotopic (exact) mass is 742 g/mol. The third-order valence-corrected chi connectivity index (χ3v) is 9.07. The van der Waals surface area contributed by atoms with Crippen LogP contribution in [0.15, 0.2) is 80.5 Å². The van der Waals surface area contributed by atoms with Crippen LogP contribution in [0.4, 0.5) is 0 Å². The number of hydrazone groups is 1. The summed E-state index contributed by atoms with van der Waals surface area (Å²) in [5.74, 6) is -1.51. The van der Waals surface area contributed by atoms with E-state index in [4.69, 9.17) is 9.47 Å². The predicted octanol–water partition coefficient (Wildman–Crippen LogP) is -7.24. The van der Waals surface area contributed by atoms with Crippen molar-refractivity contribution >= 4 is 80.8 Å². The van der Waals surface area contributed by atoms with Gasteiger partial charge in [0.05, 0.1) is 20.9 Å². The summed E-state index contributed by atoms with van der Waals surface area (Å²) in [6, 6.07) is 11.8. The number of esters is 1. The number of amides is 1. The maximum absolute atomic E-state index is 12.5. The summed E-state index contributed by atoms with van der Waals surface area (Å²) in [5, 5.41) is 2.25. The maximum Gasteiger partial charge on any atom is 1.00 e. The Hall–Kier alpha value is -1.72. The molecule has 1 amide bonds. The van der Waals surface area contributed by atoms with Gasteiger partial charge in [-0.05, 0) is 35.9 Å². The summed E-state index contributed by atoms with van der Waals surface area (Å²) in [7, 11) is -16.0. The zero-order valence-electron chi connectivity index (χ0n) is 25.5. The molecule has 0 fully saturated rings. The predicted molar refractivity (Wildman–Crippen MR) is 153 cm³/mol. The van der Waals surface area contributed by atoms with Crippen LogP contribution in [0.25, 0.3) is 32.3 Å². The molecule has 48 heavy (non-hydrogen) atoms. The quantitative estimate of drug-likeness (QED) is 0.0281. The Labute approximate surface area is 339 Å². The normalized spacial score (nSPS) is 11.9. The van der Waals surface area contributed by atoms with E-state index in [1.807, 2.05) is 0 Å². The van der Waals surface area contributed by atoms with Gasteiger partial charge in [-0.3, -0.25) is 9.59 Å². The van der Waals surface area contributed by atoms with Crippen LogP contribution in [0.1, 0.15) is 12.5 Å². The molecule has 0 unspecified atom stereocenters. The summed E-state index contributed by atoms with van der Waals surface area (Å²) < 4.78 is 120. The fourth-order valence-corrected chi connectivity index (χ4v) is 6.95. The third-order valence-electron chi connectivity index (χ3n) is 6.44. The van der Waals surface area contributed by atoms with Gasteiger partial charge in [0.25, 0.3) is 5.91 Å². The molecule has 5 aromatic rings. The number of rotatable bonds is 9. The average Bonchev–Trinajstić information content (AvgIpc) is 2.92. The molecule has 0 saturated carbocycles. The van der Waals surface area contributed by atoms with Gasteiger partial charge in [0.2, 0.25) is 0 Å². The van der Waals surface area contributed by atoms with Crippen molar-refractivity contribution in [1.29, 1.82) is 0 Å². The SMILES string of the molecule is CC(=O)Oc1cccc(/C=N\NC(=O)COc2cc(S(=O)(=O)[O-])c3ccc4c(S(=O)(=O)[O-])cc(S(=O)(=O)[O-])c5ccc2c3c54)c1.[Na+].[Na+].[Na+]. The number of carbonyl (C=O) groups excluding carboxylic acids is 2. The minimum absolute atomic E-state index is 0. The number of hydrogen-bond donors (Lipinski definition) is 1. The Balaban J connectivity index is 0.00000267. The van der Waals surface area contributed by atoms with Crippen molar-refractivity contribution in [2.75, 3.05) is 6.61 Å². The van der Waals surface area contributed by atoms with Gasteiger partial charge < -0.3 is 23.1 Å². The molecule has 5 rings (SSSR count). The summed E-state index contributed by atoms with van der Waals surface area (Å²) >= 11 is 0. The van der Waals surface area contributed by atoms with E-state index >= 15 is 0 Å². The molecular weight excluding hydrogens is 725 g/mol. The molecule has 234 valence electrons. The van der Waals surface area contributed by atoms with Gasteiger partial charge in [0, 0.05) is 39.2 Å². The van der Waals surface area contributed by atoms with Gasteiger partial charge in [-0.1, -0.05) is 30.3 Å². The number of nitrogens with zero attached hydrogens (tertiary/aromatic N) is 1. The molecule has 0 spiro atoms. The van der Waals surface area contributed by atoms with Crippen LogP contribution in [-0.2, 0) is 39.9 Å². The van der Waals surface area contributed by atoms with Crippen LogP contribution in [0.2, 0.25) is 0 Å². The molecule has 0 heterocycles. The molecule has 0 aromatic heterocycles. The maximum atomic E-state index is 12.5. The summed E-state index contributed by atoms with van der Waals surface area (Å²) in [5.41, 5.74) is 2.62. The van der Waals surface area contributed by atoms with E-state index in [9.17, 15) is 48.5 Å². The Kier molecular flexibility index (Phi) is 14.2. The minimum atomic E-state index is -5.37. The van der Waals surface area contributed by atoms with Crippen molar-refractivity contribution in [3.8, 4) is 11.5 Å². The van der Waals surface area contributed by atoms with Gasteiger partial charge in [-0.25, -0.2) is 30.7 Å². The first-order valence-electron chi connectivity index (χ1n) is 12.3. The molecule has 5 aromatic carbocycles. The Morgan fingerprint density at radius 1 is 0.729 bits per heavy atom. The summed E-state index contributed by atoms with van der Waals surface area (Å²) in [4.78, 5) is 20.6. The zero-order chi connectivity index (χ0) is 32.9. The van der Waals surface area contributed by atoms with Crippen LogP contribution in [0.5, 0.6) is 11.5 Å². The number of carbonyl (C=O) groups is 2. The molecule has 0 saturated heterocycles. The Bertz CT molecular complexity index is 2370. The van der Waals surface area contributed by atoms with Crippen molar-refractivity contribution < 1.29 is 147 Å². The second-order valence-electron chi connectivity index (χ2n) is 9.43. The average molecular weight is 743 g/mol. The third kappa shape index (κ3) is 9.14. The van der Waals surface area contributed by atoms with Gasteiger partial charge in [0.1, 0.15) is 41.9 Å². The van der Waals surface area contributed by atoms with E-state index in [1.54, 1.807) is 12.1 Å². The molecule has 21 heteroatoms. The first-order chi connectivity index (χ1) is 20.9. The van der Waals surface area contributed by atoms with Gasteiger partial charge in [-0.15, -0.1) is 0 Å². The zero-order valence-corrected chi connectivity index (χ0v) is 34.0. The molecule has 1 N–H and O–H groups in total. The van der Waals surface area contributed by atoms with E-state index in [-0.39, 0.29) is 132 Å². The van der Waals surface area contributed by atoms with Crippen molar-refractivity contribution in [3.63, 3.8) is 0 Å². The van der Waals surface area contributed by atoms with Crippen molar-refractivity contribution in [3.05, 3.63) is 66.2 Å². The number of hydrogen-bond acceptors (Lipinski definition) is 14. The van der Waals surface area contributed by atoms with Crippen LogP contribution in [0.3, 0.4) is 0 Å². The van der Waals surface area contributed by atoms with Crippen LogP contribution >= 0.6 is 0 Å². The van der Waals surface area contributed by atoms with Crippen molar-refractivity contribution in [1.82, 2.24) is 5.43 Å². The molecule has 15 nitrogen and oxygen atoms in total. The van der Waals surface area contributed by atoms with E-state index in [0.29, 0.717) is 11.6 Å². The number of benzene rings is 5. The van der Waals surface area contributed by atoms with Gasteiger partial charge >= 0.3 is 94.6 Å². The molecule has 0 aliphatic carbocycles. The standard InChI is InChI=1S/C27H20N2O13S3.3Na/c1-14(30)42-16-4-2-3-15(9-16)12-28-29-25(31)13-41-21-10-22(43(32,33)34)18-7-8-20-24(45(38,39)40)11-23(44(35,36)37)19-6-5-17(21)26(18)27(19)20;;;/h2-12H,13H2,1H3,(H,29,31)(H,32,33,34)(H,35,36,37)(H,38,39,40);;;/q;3*+1/p-3/b28-12-;;;. The molecule has 0 aliphatic rings. The van der Waals surface area contributed by atoms with E-state index in [1.165, 1.54) is 31.3 Å². The van der Waals surface area contributed by atoms with Crippen LogP contribution in [0, 0.1) is 0 Å². The topological polar surface area (TPSA) is 249 Å². The molecule has 0 aliphatic heterocycles. The van der Waals surface area contributed by atoms with Gasteiger partial charge in [0.15, 0.2) is 6.61 Å². The van der Waals surface area contributed by atoms with E-state index in [2.05, 4.69) is 10.5 Å². The molecule has 0 bridgehead atoms. The fraction of sp³-hybridized carbons (Fsp3) is 0.0741. The van der Waals surface area contributed by atoms with Crippen molar-refractivity contribution in [2.24, 2.45) is 5.10 Å². The fourth-order valence-electron chi connectivity index (χ4n) is 4.78. The van der Waals surface area contributed by atoms with Crippen LogP contribution in [-0.4, -0.2) is 63.6 Å². The molecular formula is C27H17N2Na3O13S3. The largest absolute Gasteiger partial charge is 1.00 e. The number of nitrogens with one attached hydrogen (secondary N) is 1. The van der Waals surface area contributed by atoms with Gasteiger partial charge in [-0.2, -0.15) is 5.10 Å². The molecule has 0 radical (unpaired) electrons. The summed E-state index contributed by atoms with van der Waals surface area (Å²) in [6.07, 6.45) is 1.23. The second-order valence-corrected chi connectivity index (χ2v) is 13.5.